The minimum absolute atomic E-state index is 0.167. The van der Waals surface area contributed by atoms with Gasteiger partial charge in [0.05, 0.1) is 6.61 Å². The monoisotopic (exact) mass is 312 g/mol. The SMILES string of the molecule is CC(C)=CCC/C(C)=C/CO.CC(C)CCCC(C)CCO. The second kappa shape index (κ2) is 16.8. The molecule has 0 aromatic heterocycles. The van der Waals surface area contributed by atoms with Crippen LogP contribution in [0.15, 0.2) is 23.3 Å². The summed E-state index contributed by atoms with van der Waals surface area (Å²) in [4.78, 5) is 0. The smallest absolute Gasteiger partial charge is 0.0614 e. The van der Waals surface area contributed by atoms with Gasteiger partial charge in [-0.15, -0.1) is 0 Å². The highest BCUT2D eigenvalue weighted by molar-refractivity contribution is 5.01. The molecule has 0 fully saturated rings. The maximum atomic E-state index is 8.65. The zero-order chi connectivity index (χ0) is 17.4. The van der Waals surface area contributed by atoms with Crippen LogP contribution in [-0.2, 0) is 0 Å². The van der Waals surface area contributed by atoms with Crippen LogP contribution < -0.4 is 0 Å². The van der Waals surface area contributed by atoms with Crippen LogP contribution in [0.1, 0.15) is 80.1 Å². The van der Waals surface area contributed by atoms with Gasteiger partial charge in [-0.1, -0.05) is 63.3 Å². The highest BCUT2D eigenvalue weighted by Crippen LogP contribution is 2.14. The quantitative estimate of drug-likeness (QED) is 0.523. The normalized spacial score (nSPS) is 12.7. The Morgan fingerprint density at radius 1 is 0.909 bits per heavy atom. The summed E-state index contributed by atoms with van der Waals surface area (Å²) in [7, 11) is 0. The van der Waals surface area contributed by atoms with Gasteiger partial charge in [0.1, 0.15) is 0 Å². The van der Waals surface area contributed by atoms with E-state index in [0.29, 0.717) is 12.5 Å². The Labute approximate surface area is 139 Å². The van der Waals surface area contributed by atoms with E-state index in [-0.39, 0.29) is 6.61 Å². The molecule has 0 rings (SSSR count). The summed E-state index contributed by atoms with van der Waals surface area (Å²) in [5.41, 5.74) is 2.63. The van der Waals surface area contributed by atoms with Gasteiger partial charge in [0.15, 0.2) is 0 Å². The van der Waals surface area contributed by atoms with Gasteiger partial charge in [0.25, 0.3) is 0 Å². The minimum Gasteiger partial charge on any atom is -0.396 e. The maximum absolute atomic E-state index is 8.65. The number of aliphatic hydroxyl groups excluding tert-OH is 2. The third-order valence-electron chi connectivity index (χ3n) is 3.63. The lowest BCUT2D eigenvalue weighted by molar-refractivity contribution is 0.255. The maximum Gasteiger partial charge on any atom is 0.0614 e. The summed E-state index contributed by atoms with van der Waals surface area (Å²) in [6, 6.07) is 0. The Bertz CT molecular complexity index is 286. The van der Waals surface area contributed by atoms with Crippen LogP contribution in [0.25, 0.3) is 0 Å². The number of allylic oxidation sites excluding steroid dienone is 3. The fourth-order valence-corrected chi connectivity index (χ4v) is 2.09. The fraction of sp³-hybridized carbons (Fsp3) is 0.800. The molecule has 0 heterocycles. The molecule has 0 saturated heterocycles. The Hall–Kier alpha value is -0.600. The van der Waals surface area contributed by atoms with E-state index in [9.17, 15) is 0 Å². The molecule has 1 unspecified atom stereocenters. The van der Waals surface area contributed by atoms with Crippen LogP contribution in [0.2, 0.25) is 0 Å². The molecule has 0 saturated carbocycles. The van der Waals surface area contributed by atoms with Crippen LogP contribution in [0.4, 0.5) is 0 Å². The fourth-order valence-electron chi connectivity index (χ4n) is 2.09. The molecule has 0 aromatic rings. The second-order valence-electron chi connectivity index (χ2n) is 7.00. The molecule has 0 radical (unpaired) electrons. The van der Waals surface area contributed by atoms with E-state index in [1.165, 1.54) is 30.4 Å². The van der Waals surface area contributed by atoms with Gasteiger partial charge in [-0.25, -0.2) is 0 Å². The van der Waals surface area contributed by atoms with E-state index in [2.05, 4.69) is 47.6 Å². The van der Waals surface area contributed by atoms with Gasteiger partial charge < -0.3 is 10.2 Å². The molecular weight excluding hydrogens is 272 g/mol. The van der Waals surface area contributed by atoms with E-state index < -0.39 is 0 Å². The number of hydrogen-bond donors (Lipinski definition) is 2. The summed E-state index contributed by atoms with van der Waals surface area (Å²) in [6.07, 6.45) is 11.1. The predicted molar refractivity (Wildman–Crippen MR) is 99.1 cm³/mol. The highest BCUT2D eigenvalue weighted by Gasteiger charge is 2.01. The highest BCUT2D eigenvalue weighted by atomic mass is 16.3. The molecule has 0 spiro atoms. The summed E-state index contributed by atoms with van der Waals surface area (Å²) in [6.45, 7) is 13.5. The summed E-state index contributed by atoms with van der Waals surface area (Å²) >= 11 is 0. The third-order valence-corrected chi connectivity index (χ3v) is 3.63. The average molecular weight is 313 g/mol. The Morgan fingerprint density at radius 2 is 1.55 bits per heavy atom. The van der Waals surface area contributed by atoms with Gasteiger partial charge in [0.2, 0.25) is 0 Å². The van der Waals surface area contributed by atoms with Crippen molar-refractivity contribution in [1.82, 2.24) is 0 Å². The zero-order valence-corrected chi connectivity index (χ0v) is 15.9. The minimum atomic E-state index is 0.167. The van der Waals surface area contributed by atoms with Crippen molar-refractivity contribution in [3.63, 3.8) is 0 Å². The standard InChI is InChI=1S/C10H22O.C10H18O/c2*1-9(2)5-4-6-10(3)7-8-11/h9-11H,4-8H2,1-3H3;5,7,11H,4,6,8H2,1-3H3/b;10-7+. The molecular formula is C20H40O2. The molecule has 0 aliphatic carbocycles. The van der Waals surface area contributed by atoms with Crippen molar-refractivity contribution >= 4 is 0 Å². The zero-order valence-electron chi connectivity index (χ0n) is 15.9. The van der Waals surface area contributed by atoms with E-state index in [1.807, 2.05) is 6.08 Å². The van der Waals surface area contributed by atoms with Crippen molar-refractivity contribution in [1.29, 1.82) is 0 Å². The molecule has 2 nitrogen and oxygen atoms in total. The van der Waals surface area contributed by atoms with Gasteiger partial charge in [-0.05, 0) is 51.9 Å². The van der Waals surface area contributed by atoms with Crippen molar-refractivity contribution in [3.05, 3.63) is 23.3 Å². The molecule has 0 aliphatic rings. The molecule has 2 N–H and O–H groups in total. The van der Waals surface area contributed by atoms with E-state index in [1.54, 1.807) is 0 Å². The lowest BCUT2D eigenvalue weighted by Crippen LogP contribution is -1.98. The predicted octanol–water partition coefficient (Wildman–Crippen LogP) is 5.50. The first-order valence-corrected chi connectivity index (χ1v) is 8.84. The number of aliphatic hydroxyl groups is 2. The lowest BCUT2D eigenvalue weighted by atomic mass is 9.98. The molecule has 1 atom stereocenters. The van der Waals surface area contributed by atoms with E-state index in [4.69, 9.17) is 10.2 Å². The van der Waals surface area contributed by atoms with Crippen molar-refractivity contribution in [2.75, 3.05) is 13.2 Å². The number of hydrogen-bond acceptors (Lipinski definition) is 2. The van der Waals surface area contributed by atoms with Crippen molar-refractivity contribution < 1.29 is 10.2 Å². The first-order chi connectivity index (χ1) is 10.3. The Morgan fingerprint density at radius 3 is 2.00 bits per heavy atom. The summed E-state index contributed by atoms with van der Waals surface area (Å²) in [5.74, 6) is 1.54. The van der Waals surface area contributed by atoms with E-state index in [0.717, 1.165) is 25.2 Å². The Balaban J connectivity index is 0. The first kappa shape index (κ1) is 23.7. The topological polar surface area (TPSA) is 40.5 Å². The van der Waals surface area contributed by atoms with Crippen LogP contribution in [0.5, 0.6) is 0 Å². The largest absolute Gasteiger partial charge is 0.396 e. The molecule has 22 heavy (non-hydrogen) atoms. The van der Waals surface area contributed by atoms with Crippen LogP contribution in [0.3, 0.4) is 0 Å². The number of rotatable bonds is 10. The van der Waals surface area contributed by atoms with Gasteiger partial charge in [-0.2, -0.15) is 0 Å². The molecule has 0 aliphatic heterocycles. The van der Waals surface area contributed by atoms with Gasteiger partial charge in [-0.3, -0.25) is 0 Å². The molecule has 132 valence electrons. The van der Waals surface area contributed by atoms with Gasteiger partial charge >= 0.3 is 0 Å². The molecule has 0 amide bonds. The van der Waals surface area contributed by atoms with Crippen molar-refractivity contribution in [2.45, 2.75) is 80.1 Å². The van der Waals surface area contributed by atoms with Crippen LogP contribution in [-0.4, -0.2) is 23.4 Å². The van der Waals surface area contributed by atoms with Crippen molar-refractivity contribution in [2.24, 2.45) is 11.8 Å². The second-order valence-corrected chi connectivity index (χ2v) is 7.00. The van der Waals surface area contributed by atoms with Gasteiger partial charge in [0, 0.05) is 6.61 Å². The third kappa shape index (κ3) is 21.7. The molecule has 0 aromatic carbocycles. The van der Waals surface area contributed by atoms with E-state index >= 15 is 0 Å². The van der Waals surface area contributed by atoms with Crippen LogP contribution in [0, 0.1) is 11.8 Å². The average Bonchev–Trinajstić information content (AvgIpc) is 2.39. The molecule has 0 bridgehead atoms. The van der Waals surface area contributed by atoms with Crippen LogP contribution >= 0.6 is 0 Å². The summed E-state index contributed by atoms with van der Waals surface area (Å²) < 4.78 is 0. The Kier molecular flexibility index (Phi) is 18.0. The molecule has 2 heteroatoms. The summed E-state index contributed by atoms with van der Waals surface area (Å²) in [5, 5.41) is 17.2. The van der Waals surface area contributed by atoms with Crippen molar-refractivity contribution in [3.8, 4) is 0 Å². The lowest BCUT2D eigenvalue weighted by Gasteiger charge is -2.09. The first-order valence-electron chi connectivity index (χ1n) is 8.84.